The van der Waals surface area contributed by atoms with Crippen molar-refractivity contribution in [3.05, 3.63) is 46.5 Å². The predicted molar refractivity (Wildman–Crippen MR) is 71.7 cm³/mol. The van der Waals surface area contributed by atoms with Gasteiger partial charge in [0, 0.05) is 6.20 Å². The molecule has 0 fully saturated rings. The molecule has 0 bridgehead atoms. The molecule has 2 aromatic heterocycles. The average Bonchev–Trinajstić information content (AvgIpc) is 2.78. The number of aromatic carboxylic acids is 1. The van der Waals surface area contributed by atoms with E-state index in [1.54, 1.807) is 0 Å². The number of carbonyl (C=O) groups is 1. The third-order valence-electron chi connectivity index (χ3n) is 2.64. The van der Waals surface area contributed by atoms with Crippen LogP contribution < -0.4 is 5.32 Å². The fourth-order valence-electron chi connectivity index (χ4n) is 1.66. The van der Waals surface area contributed by atoms with Crippen LogP contribution in [0.15, 0.2) is 28.8 Å². The van der Waals surface area contributed by atoms with Crippen molar-refractivity contribution >= 4 is 23.4 Å². The summed E-state index contributed by atoms with van der Waals surface area (Å²) in [4.78, 5) is 15.0. The van der Waals surface area contributed by atoms with Gasteiger partial charge in [0.2, 0.25) is 0 Å². The summed E-state index contributed by atoms with van der Waals surface area (Å²) in [5, 5.41) is 12.2. The zero-order chi connectivity index (χ0) is 14.0. The number of carboxylic acid groups (broad SMARTS) is 1. The Morgan fingerprint density at radius 2 is 2.26 bits per heavy atom. The molecule has 2 N–H and O–H groups in total. The first-order valence-electron chi connectivity index (χ1n) is 5.69. The number of hydrogen-bond donors (Lipinski definition) is 2. The van der Waals surface area contributed by atoms with Crippen LogP contribution in [0.1, 0.15) is 34.8 Å². The van der Waals surface area contributed by atoms with Crippen molar-refractivity contribution in [2.75, 3.05) is 5.32 Å². The van der Waals surface area contributed by atoms with Gasteiger partial charge < -0.3 is 14.8 Å². The Morgan fingerprint density at radius 1 is 1.53 bits per heavy atom. The normalized spacial score (nSPS) is 12.2. The molecule has 0 aliphatic carbocycles. The number of hydrogen-bond acceptors (Lipinski definition) is 4. The van der Waals surface area contributed by atoms with E-state index in [4.69, 9.17) is 21.1 Å². The van der Waals surface area contributed by atoms with Gasteiger partial charge in [0.05, 0.1) is 16.6 Å². The molecule has 6 heteroatoms. The van der Waals surface area contributed by atoms with Crippen LogP contribution in [0, 0.1) is 6.92 Å². The standard InChI is InChI=1S/C13H13ClN2O3/c1-7-3-4-11(19-7)8(2)16-12-5-9(13(17)18)10(14)6-15-12/h3-6,8H,1-2H3,(H,15,16)(H,17,18). The minimum Gasteiger partial charge on any atom is -0.478 e. The topological polar surface area (TPSA) is 75.4 Å². The maximum absolute atomic E-state index is 11.0. The Labute approximate surface area is 115 Å². The molecule has 0 saturated carbocycles. The highest BCUT2D eigenvalue weighted by Gasteiger charge is 2.14. The second kappa shape index (κ2) is 5.32. The number of carboxylic acids is 1. The number of pyridine rings is 1. The molecule has 2 heterocycles. The maximum atomic E-state index is 11.0. The van der Waals surface area contributed by atoms with Crippen molar-refractivity contribution < 1.29 is 14.3 Å². The SMILES string of the molecule is Cc1ccc(C(C)Nc2cc(C(=O)O)c(Cl)cn2)o1. The summed E-state index contributed by atoms with van der Waals surface area (Å²) in [6.45, 7) is 3.76. The van der Waals surface area contributed by atoms with Crippen LogP contribution in [0.4, 0.5) is 5.82 Å². The molecule has 100 valence electrons. The Kier molecular flexibility index (Phi) is 3.76. The second-order valence-electron chi connectivity index (χ2n) is 4.17. The molecule has 0 amide bonds. The Morgan fingerprint density at radius 3 is 2.84 bits per heavy atom. The lowest BCUT2D eigenvalue weighted by Gasteiger charge is -2.12. The Bertz CT molecular complexity index is 610. The monoisotopic (exact) mass is 280 g/mol. The van der Waals surface area contributed by atoms with Gasteiger partial charge in [-0.3, -0.25) is 0 Å². The molecular weight excluding hydrogens is 268 g/mol. The molecule has 1 atom stereocenters. The molecule has 0 aliphatic rings. The van der Waals surface area contributed by atoms with Gasteiger partial charge >= 0.3 is 5.97 Å². The number of nitrogens with one attached hydrogen (secondary N) is 1. The first-order valence-corrected chi connectivity index (χ1v) is 6.07. The lowest BCUT2D eigenvalue weighted by atomic mass is 10.2. The summed E-state index contributed by atoms with van der Waals surface area (Å²) in [5.41, 5.74) is 0.0157. The molecule has 0 aliphatic heterocycles. The molecule has 2 rings (SSSR count). The van der Waals surface area contributed by atoms with Gasteiger partial charge in [0.15, 0.2) is 0 Å². The molecule has 2 aromatic rings. The van der Waals surface area contributed by atoms with Crippen molar-refractivity contribution in [3.8, 4) is 0 Å². The van der Waals surface area contributed by atoms with Crippen molar-refractivity contribution in [2.45, 2.75) is 19.9 Å². The highest BCUT2D eigenvalue weighted by molar-refractivity contribution is 6.33. The van der Waals surface area contributed by atoms with Gasteiger partial charge in [0.1, 0.15) is 17.3 Å². The quantitative estimate of drug-likeness (QED) is 0.896. The highest BCUT2D eigenvalue weighted by Crippen LogP contribution is 2.23. The Hall–Kier alpha value is -2.01. The number of furan rings is 1. The summed E-state index contributed by atoms with van der Waals surface area (Å²) in [5.74, 6) is 0.922. The maximum Gasteiger partial charge on any atom is 0.337 e. The fourth-order valence-corrected chi connectivity index (χ4v) is 1.84. The van der Waals surface area contributed by atoms with Gasteiger partial charge in [-0.25, -0.2) is 9.78 Å². The largest absolute Gasteiger partial charge is 0.478 e. The summed E-state index contributed by atoms with van der Waals surface area (Å²) < 4.78 is 5.49. The molecule has 0 saturated heterocycles. The first-order chi connectivity index (χ1) is 8.97. The van der Waals surface area contributed by atoms with E-state index in [1.165, 1.54) is 12.3 Å². The van der Waals surface area contributed by atoms with Gasteiger partial charge in [-0.15, -0.1) is 0 Å². The predicted octanol–water partition coefficient (Wildman–Crippen LogP) is 3.51. The molecule has 19 heavy (non-hydrogen) atoms. The number of halogens is 1. The van der Waals surface area contributed by atoms with Crippen molar-refractivity contribution in [3.63, 3.8) is 0 Å². The van der Waals surface area contributed by atoms with E-state index in [2.05, 4.69) is 10.3 Å². The van der Waals surface area contributed by atoms with Gasteiger partial charge in [-0.05, 0) is 32.0 Å². The lowest BCUT2D eigenvalue weighted by Crippen LogP contribution is -2.08. The third kappa shape index (κ3) is 3.06. The van der Waals surface area contributed by atoms with E-state index < -0.39 is 5.97 Å². The van der Waals surface area contributed by atoms with Gasteiger partial charge in [-0.1, -0.05) is 11.6 Å². The highest BCUT2D eigenvalue weighted by atomic mass is 35.5. The molecule has 0 aromatic carbocycles. The Balaban J connectivity index is 2.19. The number of rotatable bonds is 4. The number of nitrogens with zero attached hydrogens (tertiary/aromatic N) is 1. The molecule has 5 nitrogen and oxygen atoms in total. The van der Waals surface area contributed by atoms with Crippen molar-refractivity contribution in [1.82, 2.24) is 4.98 Å². The zero-order valence-electron chi connectivity index (χ0n) is 10.5. The van der Waals surface area contributed by atoms with Crippen LogP contribution in [0.3, 0.4) is 0 Å². The van der Waals surface area contributed by atoms with Crippen LogP contribution in [-0.4, -0.2) is 16.1 Å². The number of aryl methyl sites for hydroxylation is 1. The minimum atomic E-state index is -1.09. The van der Waals surface area contributed by atoms with E-state index in [0.29, 0.717) is 5.82 Å². The fraction of sp³-hybridized carbons (Fsp3) is 0.231. The molecule has 0 spiro atoms. The van der Waals surface area contributed by atoms with Gasteiger partial charge in [0.25, 0.3) is 0 Å². The van der Waals surface area contributed by atoms with E-state index in [1.807, 2.05) is 26.0 Å². The number of anilines is 1. The zero-order valence-corrected chi connectivity index (χ0v) is 11.2. The van der Waals surface area contributed by atoms with Crippen LogP contribution in [-0.2, 0) is 0 Å². The summed E-state index contributed by atoms with van der Waals surface area (Å²) >= 11 is 5.76. The van der Waals surface area contributed by atoms with Crippen molar-refractivity contribution in [2.24, 2.45) is 0 Å². The summed E-state index contributed by atoms with van der Waals surface area (Å²) in [6.07, 6.45) is 1.31. The third-order valence-corrected chi connectivity index (χ3v) is 2.94. The number of aromatic nitrogens is 1. The smallest absolute Gasteiger partial charge is 0.337 e. The summed E-state index contributed by atoms with van der Waals surface area (Å²) in [6, 6.07) is 5.01. The lowest BCUT2D eigenvalue weighted by molar-refractivity contribution is 0.0697. The molecule has 1 unspecified atom stereocenters. The van der Waals surface area contributed by atoms with Crippen LogP contribution in [0.25, 0.3) is 0 Å². The van der Waals surface area contributed by atoms with E-state index in [-0.39, 0.29) is 16.6 Å². The van der Waals surface area contributed by atoms with Crippen LogP contribution in [0.5, 0.6) is 0 Å². The average molecular weight is 281 g/mol. The summed E-state index contributed by atoms with van der Waals surface area (Å²) in [7, 11) is 0. The first kappa shape index (κ1) is 13.4. The van der Waals surface area contributed by atoms with E-state index in [0.717, 1.165) is 11.5 Å². The second-order valence-corrected chi connectivity index (χ2v) is 4.58. The minimum absolute atomic E-state index is 0.0157. The van der Waals surface area contributed by atoms with E-state index in [9.17, 15) is 4.79 Å². The van der Waals surface area contributed by atoms with Crippen LogP contribution >= 0.6 is 11.6 Å². The molecular formula is C13H13ClN2O3. The van der Waals surface area contributed by atoms with Crippen LogP contribution in [0.2, 0.25) is 5.02 Å². The van der Waals surface area contributed by atoms with E-state index >= 15 is 0 Å². The van der Waals surface area contributed by atoms with Crippen molar-refractivity contribution in [1.29, 1.82) is 0 Å². The molecule has 0 radical (unpaired) electrons. The van der Waals surface area contributed by atoms with Gasteiger partial charge in [-0.2, -0.15) is 0 Å².